The molecule has 0 aliphatic carbocycles. The predicted molar refractivity (Wildman–Crippen MR) is 51.9 cm³/mol. The van der Waals surface area contributed by atoms with E-state index in [1.165, 1.54) is 0 Å². The summed E-state index contributed by atoms with van der Waals surface area (Å²) < 4.78 is 14.2. The molecule has 82 valence electrons. The predicted octanol–water partition coefficient (Wildman–Crippen LogP) is 0.483. The number of carbonyl (C=O) groups is 1. The Hall–Kier alpha value is -1.04. The molecule has 3 N–H and O–H groups in total. The number of carbonyl (C=O) groups excluding carboxylic acids is 1. The summed E-state index contributed by atoms with van der Waals surface area (Å²) in [5.74, 6) is -0.316. The fraction of sp³-hybridized carbons (Fsp3) is 0.125. The van der Waals surface area contributed by atoms with Crippen molar-refractivity contribution in [3.8, 4) is 0 Å². The van der Waals surface area contributed by atoms with E-state index in [1.807, 2.05) is 5.48 Å². The van der Waals surface area contributed by atoms with Crippen LogP contribution in [0.1, 0.15) is 10.4 Å². The van der Waals surface area contributed by atoms with E-state index >= 15 is 0 Å². The van der Waals surface area contributed by atoms with Crippen molar-refractivity contribution in [1.29, 1.82) is 0 Å². The summed E-state index contributed by atoms with van der Waals surface area (Å²) in [7, 11) is -4.58. The summed E-state index contributed by atoms with van der Waals surface area (Å²) in [6, 6.07) is 8.34. The Kier molecular flexibility index (Phi) is 4.14. The number of rotatable bonds is 5. The fourth-order valence-electron chi connectivity index (χ4n) is 0.908. The number of ketones is 1. The number of hydrogen-bond acceptors (Lipinski definition) is 4. The number of phosphoric acid groups is 1. The largest absolute Gasteiger partial charge is 0.486 e. The van der Waals surface area contributed by atoms with E-state index in [4.69, 9.17) is 9.79 Å². The van der Waals surface area contributed by atoms with Crippen molar-refractivity contribution in [2.75, 3.05) is 6.54 Å². The smallest absolute Gasteiger partial charge is 0.302 e. The van der Waals surface area contributed by atoms with Crippen LogP contribution in [0.25, 0.3) is 0 Å². The maximum Gasteiger partial charge on any atom is 0.486 e. The molecular formula is C8H10NO5P. The van der Waals surface area contributed by atoms with Crippen LogP contribution in [0.5, 0.6) is 0 Å². The standard InChI is InChI=1S/C8H10NO5P/c10-8(6-9-14-15(11,12)13)7-4-2-1-3-5-7/h1-5,9H,6H2,(H2,11,12,13). The van der Waals surface area contributed by atoms with Crippen LogP contribution >= 0.6 is 7.82 Å². The van der Waals surface area contributed by atoms with Gasteiger partial charge in [0.15, 0.2) is 5.78 Å². The molecule has 0 aliphatic rings. The van der Waals surface area contributed by atoms with Crippen molar-refractivity contribution in [2.45, 2.75) is 0 Å². The van der Waals surface area contributed by atoms with Crippen molar-refractivity contribution in [2.24, 2.45) is 0 Å². The lowest BCUT2D eigenvalue weighted by Gasteiger charge is -2.05. The van der Waals surface area contributed by atoms with Gasteiger partial charge >= 0.3 is 7.82 Å². The first-order valence-corrected chi connectivity index (χ1v) is 5.57. The Labute approximate surface area is 86.1 Å². The number of nitrogens with one attached hydrogen (secondary N) is 1. The first-order chi connectivity index (χ1) is 6.99. The molecule has 0 fully saturated rings. The Bertz CT molecular complexity index is 374. The number of Topliss-reactive ketones (excluding diaryl/α,β-unsaturated/α-hetero) is 1. The van der Waals surface area contributed by atoms with Crippen molar-refractivity contribution in [1.82, 2.24) is 5.48 Å². The molecule has 0 heterocycles. The molecule has 0 saturated heterocycles. The third-order valence-corrected chi connectivity index (χ3v) is 1.88. The van der Waals surface area contributed by atoms with Gasteiger partial charge in [-0.05, 0) is 0 Å². The number of hydrogen-bond donors (Lipinski definition) is 3. The zero-order chi connectivity index (χ0) is 11.3. The van der Waals surface area contributed by atoms with Crippen LogP contribution < -0.4 is 5.48 Å². The van der Waals surface area contributed by atoms with E-state index in [0.717, 1.165) is 0 Å². The second-order valence-corrected chi connectivity index (χ2v) is 3.86. The summed E-state index contributed by atoms with van der Waals surface area (Å²) in [5.41, 5.74) is 2.35. The zero-order valence-electron chi connectivity index (χ0n) is 7.66. The summed E-state index contributed by atoms with van der Waals surface area (Å²) >= 11 is 0. The van der Waals surface area contributed by atoms with Gasteiger partial charge in [0, 0.05) is 5.56 Å². The molecule has 0 unspecified atom stereocenters. The maximum absolute atomic E-state index is 11.3. The lowest BCUT2D eigenvalue weighted by Crippen LogP contribution is -2.22. The van der Waals surface area contributed by atoms with E-state index in [0.29, 0.717) is 5.56 Å². The third-order valence-electron chi connectivity index (χ3n) is 1.51. The molecule has 0 amide bonds. The molecule has 1 rings (SSSR count). The third kappa shape index (κ3) is 4.83. The zero-order valence-corrected chi connectivity index (χ0v) is 8.55. The summed E-state index contributed by atoms with van der Waals surface area (Å²) in [6.07, 6.45) is 0. The Morgan fingerprint density at radius 2 is 1.93 bits per heavy atom. The average Bonchev–Trinajstić information content (AvgIpc) is 2.17. The van der Waals surface area contributed by atoms with Crippen LogP contribution in [-0.4, -0.2) is 22.1 Å². The normalized spacial score (nSPS) is 11.3. The highest BCUT2D eigenvalue weighted by atomic mass is 31.2. The van der Waals surface area contributed by atoms with Gasteiger partial charge in [0.2, 0.25) is 0 Å². The number of benzene rings is 1. The van der Waals surface area contributed by atoms with Gasteiger partial charge in [-0.15, -0.1) is 0 Å². The van der Waals surface area contributed by atoms with Crippen LogP contribution in [0.4, 0.5) is 0 Å². The van der Waals surface area contributed by atoms with Gasteiger partial charge in [-0.3, -0.25) is 4.79 Å². The quantitative estimate of drug-likeness (QED) is 0.387. The minimum absolute atomic E-state index is 0.297. The van der Waals surface area contributed by atoms with Gasteiger partial charge in [0.1, 0.15) is 0 Å². The maximum atomic E-state index is 11.3. The highest BCUT2D eigenvalue weighted by Gasteiger charge is 2.14. The van der Waals surface area contributed by atoms with Crippen molar-refractivity contribution >= 4 is 13.6 Å². The molecule has 1 aromatic rings. The first-order valence-electron chi connectivity index (χ1n) is 4.04. The van der Waals surface area contributed by atoms with Crippen molar-refractivity contribution in [3.05, 3.63) is 35.9 Å². The average molecular weight is 231 g/mol. The highest BCUT2D eigenvalue weighted by molar-refractivity contribution is 7.46. The monoisotopic (exact) mass is 231 g/mol. The summed E-state index contributed by atoms with van der Waals surface area (Å²) in [4.78, 5) is 28.0. The van der Waals surface area contributed by atoms with Gasteiger partial charge in [-0.25, -0.2) is 4.57 Å². The highest BCUT2D eigenvalue weighted by Crippen LogP contribution is 2.33. The second-order valence-electron chi connectivity index (χ2n) is 2.69. The van der Waals surface area contributed by atoms with Crippen molar-refractivity contribution < 1.29 is 23.8 Å². The molecule has 0 radical (unpaired) electrons. The van der Waals surface area contributed by atoms with E-state index in [9.17, 15) is 9.36 Å². The van der Waals surface area contributed by atoms with Gasteiger partial charge in [0.25, 0.3) is 0 Å². The van der Waals surface area contributed by atoms with Crippen LogP contribution in [-0.2, 0) is 9.19 Å². The van der Waals surface area contributed by atoms with Gasteiger partial charge in [0.05, 0.1) is 6.54 Å². The Balaban J connectivity index is 2.41. The lowest BCUT2D eigenvalue weighted by molar-refractivity contribution is 0.0874. The Morgan fingerprint density at radius 1 is 1.33 bits per heavy atom. The molecular weight excluding hydrogens is 221 g/mol. The topological polar surface area (TPSA) is 95.9 Å². The minimum atomic E-state index is -4.58. The van der Waals surface area contributed by atoms with Gasteiger partial charge < -0.3 is 9.79 Å². The van der Waals surface area contributed by atoms with E-state index in [-0.39, 0.29) is 12.3 Å². The molecule has 0 bridgehead atoms. The van der Waals surface area contributed by atoms with Crippen LogP contribution in [0.2, 0.25) is 0 Å². The first kappa shape index (κ1) is 12.0. The van der Waals surface area contributed by atoms with E-state index in [2.05, 4.69) is 4.62 Å². The molecule has 0 saturated carbocycles. The van der Waals surface area contributed by atoms with Crippen LogP contribution in [0.3, 0.4) is 0 Å². The van der Waals surface area contributed by atoms with E-state index < -0.39 is 7.82 Å². The van der Waals surface area contributed by atoms with Gasteiger partial charge in [-0.1, -0.05) is 30.3 Å². The molecule has 0 aromatic heterocycles. The number of hydroxylamine groups is 1. The lowest BCUT2D eigenvalue weighted by atomic mass is 10.1. The SMILES string of the molecule is O=C(CNOP(=O)(O)O)c1ccccc1. The fourth-order valence-corrected chi connectivity index (χ4v) is 1.14. The molecule has 0 spiro atoms. The molecule has 0 aliphatic heterocycles. The van der Waals surface area contributed by atoms with Gasteiger partial charge in [-0.2, -0.15) is 10.1 Å². The molecule has 1 aromatic carbocycles. The van der Waals surface area contributed by atoms with Crippen molar-refractivity contribution in [3.63, 3.8) is 0 Å². The second kappa shape index (κ2) is 5.16. The van der Waals surface area contributed by atoms with E-state index in [1.54, 1.807) is 30.3 Å². The molecule has 15 heavy (non-hydrogen) atoms. The molecule has 6 nitrogen and oxygen atoms in total. The Morgan fingerprint density at radius 3 is 2.47 bits per heavy atom. The van der Waals surface area contributed by atoms with Crippen LogP contribution in [0.15, 0.2) is 30.3 Å². The molecule has 0 atom stereocenters. The minimum Gasteiger partial charge on any atom is -0.302 e. The van der Waals surface area contributed by atoms with Crippen LogP contribution in [0, 0.1) is 0 Å². The summed E-state index contributed by atoms with van der Waals surface area (Å²) in [5, 5.41) is 0. The molecule has 7 heteroatoms. The summed E-state index contributed by atoms with van der Waals surface area (Å²) in [6.45, 7) is -0.297.